The lowest BCUT2D eigenvalue weighted by atomic mass is 10.1. The number of likely N-dealkylation sites (tertiary alicyclic amines) is 1. The summed E-state index contributed by atoms with van der Waals surface area (Å²) in [6.07, 6.45) is -1.79. The van der Waals surface area contributed by atoms with E-state index < -0.39 is 12.2 Å². The van der Waals surface area contributed by atoms with Crippen LogP contribution in [0.3, 0.4) is 0 Å². The molecule has 2 N–H and O–H groups in total. The van der Waals surface area contributed by atoms with Crippen molar-refractivity contribution in [1.82, 2.24) is 4.90 Å². The zero-order chi connectivity index (χ0) is 14.9. The van der Waals surface area contributed by atoms with Crippen LogP contribution < -0.4 is 9.47 Å². The van der Waals surface area contributed by atoms with Crippen molar-refractivity contribution in [3.8, 4) is 11.5 Å². The maximum atomic E-state index is 12.4. The fraction of sp³-hybridized carbons (Fsp3) is 0.500. The number of aliphatic hydroxyl groups is 2. The molecule has 1 aliphatic heterocycles. The van der Waals surface area contributed by atoms with Gasteiger partial charge in [0.2, 0.25) is 0 Å². The Morgan fingerprint density at radius 3 is 2.00 bits per heavy atom. The van der Waals surface area contributed by atoms with Gasteiger partial charge >= 0.3 is 0 Å². The van der Waals surface area contributed by atoms with Gasteiger partial charge in [0, 0.05) is 24.2 Å². The number of ether oxygens (including phenoxy) is 2. The van der Waals surface area contributed by atoms with Crippen molar-refractivity contribution < 1.29 is 24.5 Å². The molecule has 1 saturated heterocycles. The predicted octanol–water partition coefficient (Wildman–Crippen LogP) is 0.190. The molecule has 1 aliphatic rings. The molecule has 0 aromatic heterocycles. The molecule has 1 aromatic rings. The first kappa shape index (κ1) is 14.6. The minimum Gasteiger partial charge on any atom is -0.496 e. The summed E-state index contributed by atoms with van der Waals surface area (Å²) in [5.74, 6) is 0.859. The van der Waals surface area contributed by atoms with E-state index in [1.165, 1.54) is 19.1 Å². The molecule has 2 unspecified atom stereocenters. The number of benzene rings is 1. The van der Waals surface area contributed by atoms with E-state index in [2.05, 4.69) is 0 Å². The van der Waals surface area contributed by atoms with Crippen molar-refractivity contribution >= 4 is 5.91 Å². The molecular weight excluding hydrogens is 262 g/mol. The Morgan fingerprint density at radius 1 is 1.15 bits per heavy atom. The number of rotatable bonds is 3. The number of methoxy groups -OCH3 is 2. The minimum absolute atomic E-state index is 0.124. The fourth-order valence-corrected chi connectivity index (χ4v) is 2.33. The second-order valence-electron chi connectivity index (χ2n) is 4.85. The van der Waals surface area contributed by atoms with E-state index in [0.717, 1.165) is 5.56 Å². The second kappa shape index (κ2) is 5.68. The number of aliphatic hydroxyl groups excluding tert-OH is 2. The normalized spacial score (nSPS) is 21.9. The van der Waals surface area contributed by atoms with Gasteiger partial charge < -0.3 is 24.6 Å². The van der Waals surface area contributed by atoms with Crippen LogP contribution in [-0.4, -0.2) is 60.5 Å². The molecule has 0 spiro atoms. The number of nitrogens with zero attached hydrogens (tertiary/aromatic N) is 1. The molecular formula is C14H19NO5. The number of hydrogen-bond donors (Lipinski definition) is 2. The Hall–Kier alpha value is -1.79. The third-order valence-electron chi connectivity index (χ3n) is 3.55. The summed E-state index contributed by atoms with van der Waals surface area (Å²) < 4.78 is 10.5. The molecule has 0 bridgehead atoms. The van der Waals surface area contributed by atoms with Crippen LogP contribution in [0.5, 0.6) is 11.5 Å². The molecule has 0 aliphatic carbocycles. The van der Waals surface area contributed by atoms with Gasteiger partial charge in [-0.15, -0.1) is 0 Å². The first-order valence-corrected chi connectivity index (χ1v) is 6.36. The Morgan fingerprint density at radius 2 is 1.60 bits per heavy atom. The average Bonchev–Trinajstić information content (AvgIpc) is 2.78. The number of hydrogen-bond acceptors (Lipinski definition) is 5. The van der Waals surface area contributed by atoms with Gasteiger partial charge in [0.05, 0.1) is 26.4 Å². The lowest BCUT2D eigenvalue weighted by molar-refractivity contribution is 0.0572. The van der Waals surface area contributed by atoms with Gasteiger partial charge in [-0.1, -0.05) is 0 Å². The monoisotopic (exact) mass is 281 g/mol. The Kier molecular flexibility index (Phi) is 4.15. The average molecular weight is 281 g/mol. The van der Waals surface area contributed by atoms with Gasteiger partial charge in [0.15, 0.2) is 0 Å². The van der Waals surface area contributed by atoms with Crippen LogP contribution in [0.2, 0.25) is 0 Å². The Bertz CT molecular complexity index is 481. The molecule has 20 heavy (non-hydrogen) atoms. The number of carbonyl (C=O) groups excluding carboxylic acids is 1. The lowest BCUT2D eigenvalue weighted by Gasteiger charge is -2.17. The summed E-state index contributed by atoms with van der Waals surface area (Å²) >= 11 is 0. The number of amides is 1. The zero-order valence-electron chi connectivity index (χ0n) is 11.8. The maximum Gasteiger partial charge on any atom is 0.254 e. The van der Waals surface area contributed by atoms with E-state index >= 15 is 0 Å². The highest BCUT2D eigenvalue weighted by Crippen LogP contribution is 2.30. The molecule has 0 radical (unpaired) electrons. The lowest BCUT2D eigenvalue weighted by Crippen LogP contribution is -2.29. The molecule has 110 valence electrons. The first-order chi connectivity index (χ1) is 9.47. The molecule has 6 nitrogen and oxygen atoms in total. The van der Waals surface area contributed by atoms with Crippen LogP contribution in [0.4, 0.5) is 0 Å². The molecule has 0 saturated carbocycles. The summed E-state index contributed by atoms with van der Waals surface area (Å²) in [5.41, 5.74) is 1.22. The Balaban J connectivity index is 2.31. The van der Waals surface area contributed by atoms with Crippen LogP contribution in [0.1, 0.15) is 15.9 Å². The van der Waals surface area contributed by atoms with E-state index in [0.29, 0.717) is 17.1 Å². The van der Waals surface area contributed by atoms with Crippen LogP contribution in [0.25, 0.3) is 0 Å². The van der Waals surface area contributed by atoms with Gasteiger partial charge in [-0.25, -0.2) is 0 Å². The van der Waals surface area contributed by atoms with Crippen LogP contribution in [-0.2, 0) is 0 Å². The van der Waals surface area contributed by atoms with Crippen molar-refractivity contribution in [2.45, 2.75) is 19.1 Å². The SMILES string of the molecule is COc1cc(C(=O)N2CC(O)C(O)C2)cc(OC)c1C. The standard InChI is InChI=1S/C14H19NO5/c1-8-12(19-2)4-9(5-13(8)20-3)14(18)15-6-10(16)11(17)7-15/h4-5,10-11,16-17H,6-7H2,1-3H3. The van der Waals surface area contributed by atoms with E-state index in [4.69, 9.17) is 9.47 Å². The Labute approximate surface area is 117 Å². The molecule has 1 heterocycles. The number of β-amino-alcohol motifs (C(OH)–C–C–N with tert-alkyl or cyclic N) is 2. The third-order valence-corrected chi connectivity index (χ3v) is 3.55. The maximum absolute atomic E-state index is 12.4. The largest absolute Gasteiger partial charge is 0.496 e. The minimum atomic E-state index is -0.895. The summed E-state index contributed by atoms with van der Waals surface area (Å²) in [4.78, 5) is 13.8. The summed E-state index contributed by atoms with van der Waals surface area (Å²) in [6.45, 7) is 2.09. The van der Waals surface area contributed by atoms with Crippen molar-refractivity contribution in [2.75, 3.05) is 27.3 Å². The van der Waals surface area contributed by atoms with Crippen LogP contribution in [0.15, 0.2) is 12.1 Å². The topological polar surface area (TPSA) is 79.2 Å². The molecule has 2 rings (SSSR count). The van der Waals surface area contributed by atoms with Crippen molar-refractivity contribution in [1.29, 1.82) is 0 Å². The van der Waals surface area contributed by atoms with E-state index in [9.17, 15) is 15.0 Å². The van der Waals surface area contributed by atoms with E-state index in [1.54, 1.807) is 12.1 Å². The zero-order valence-corrected chi connectivity index (χ0v) is 11.8. The molecule has 2 atom stereocenters. The van der Waals surface area contributed by atoms with E-state index in [1.807, 2.05) is 6.92 Å². The smallest absolute Gasteiger partial charge is 0.254 e. The van der Waals surface area contributed by atoms with Gasteiger partial charge in [0.1, 0.15) is 11.5 Å². The second-order valence-corrected chi connectivity index (χ2v) is 4.85. The number of carbonyl (C=O) groups is 1. The fourth-order valence-electron chi connectivity index (χ4n) is 2.33. The van der Waals surface area contributed by atoms with Crippen LogP contribution >= 0.6 is 0 Å². The highest BCUT2D eigenvalue weighted by molar-refractivity contribution is 5.95. The van der Waals surface area contributed by atoms with Crippen LogP contribution in [0, 0.1) is 6.92 Å². The molecule has 1 fully saturated rings. The first-order valence-electron chi connectivity index (χ1n) is 6.36. The van der Waals surface area contributed by atoms with Gasteiger partial charge in [-0.2, -0.15) is 0 Å². The highest BCUT2D eigenvalue weighted by Gasteiger charge is 2.33. The molecule has 6 heteroatoms. The van der Waals surface area contributed by atoms with Gasteiger partial charge in [0.25, 0.3) is 5.91 Å². The molecule has 1 amide bonds. The summed E-state index contributed by atoms with van der Waals surface area (Å²) in [6, 6.07) is 3.27. The van der Waals surface area contributed by atoms with Crippen molar-refractivity contribution in [2.24, 2.45) is 0 Å². The summed E-state index contributed by atoms with van der Waals surface area (Å²) in [7, 11) is 3.05. The molecule has 1 aromatic carbocycles. The highest BCUT2D eigenvalue weighted by atomic mass is 16.5. The van der Waals surface area contributed by atoms with Gasteiger partial charge in [-0.05, 0) is 19.1 Å². The third kappa shape index (κ3) is 2.57. The predicted molar refractivity (Wildman–Crippen MR) is 72.2 cm³/mol. The van der Waals surface area contributed by atoms with Crippen molar-refractivity contribution in [3.63, 3.8) is 0 Å². The quantitative estimate of drug-likeness (QED) is 0.827. The summed E-state index contributed by atoms with van der Waals surface area (Å²) in [5, 5.41) is 19.0. The van der Waals surface area contributed by atoms with Gasteiger partial charge in [-0.3, -0.25) is 4.79 Å². The van der Waals surface area contributed by atoms with E-state index in [-0.39, 0.29) is 19.0 Å². The van der Waals surface area contributed by atoms with Crippen molar-refractivity contribution in [3.05, 3.63) is 23.3 Å².